The molecule has 0 aromatic rings. The van der Waals surface area contributed by atoms with Gasteiger partial charge in [0, 0.05) is 25.2 Å². The molecule has 4 heteroatoms. The van der Waals surface area contributed by atoms with Gasteiger partial charge in [0.25, 0.3) is 0 Å². The van der Waals surface area contributed by atoms with Crippen LogP contribution >= 0.6 is 0 Å². The molecule has 0 aromatic carbocycles. The fourth-order valence-electron chi connectivity index (χ4n) is 2.85. The molecule has 1 amide bonds. The Morgan fingerprint density at radius 3 is 2.71 bits per heavy atom. The second kappa shape index (κ2) is 6.36. The van der Waals surface area contributed by atoms with Gasteiger partial charge in [0.1, 0.15) is 6.10 Å². The van der Waals surface area contributed by atoms with Crippen molar-refractivity contribution < 1.29 is 14.6 Å². The molecule has 2 rings (SSSR count). The van der Waals surface area contributed by atoms with Crippen LogP contribution < -0.4 is 5.32 Å². The lowest BCUT2D eigenvalue weighted by Crippen LogP contribution is -2.45. The minimum Gasteiger partial charge on any atom is -0.396 e. The highest BCUT2D eigenvalue weighted by molar-refractivity contribution is 5.81. The molecule has 3 unspecified atom stereocenters. The molecule has 0 radical (unpaired) electrons. The fourth-order valence-corrected chi connectivity index (χ4v) is 2.85. The highest BCUT2D eigenvalue weighted by Crippen LogP contribution is 2.23. The lowest BCUT2D eigenvalue weighted by Gasteiger charge is -2.25. The fraction of sp³-hybridized carbons (Fsp3) is 0.923. The van der Waals surface area contributed by atoms with Gasteiger partial charge in [-0.1, -0.05) is 19.3 Å². The zero-order valence-electron chi connectivity index (χ0n) is 10.4. The van der Waals surface area contributed by atoms with E-state index >= 15 is 0 Å². The van der Waals surface area contributed by atoms with Gasteiger partial charge in [-0.25, -0.2) is 0 Å². The Morgan fingerprint density at radius 2 is 2.00 bits per heavy atom. The molecule has 2 aliphatic rings. The van der Waals surface area contributed by atoms with Gasteiger partial charge in [-0.05, 0) is 25.7 Å². The Kier molecular flexibility index (Phi) is 4.80. The van der Waals surface area contributed by atoms with Crippen molar-refractivity contribution in [2.24, 2.45) is 5.92 Å². The van der Waals surface area contributed by atoms with Crippen LogP contribution in [0.5, 0.6) is 0 Å². The van der Waals surface area contributed by atoms with Crippen molar-refractivity contribution in [3.63, 3.8) is 0 Å². The lowest BCUT2D eigenvalue weighted by molar-refractivity contribution is -0.131. The molecule has 0 bridgehead atoms. The van der Waals surface area contributed by atoms with Gasteiger partial charge in [-0.15, -0.1) is 0 Å². The number of carbonyl (C=O) groups excluding carboxylic acids is 1. The van der Waals surface area contributed by atoms with Gasteiger partial charge >= 0.3 is 0 Å². The number of aliphatic hydroxyl groups excluding tert-OH is 1. The monoisotopic (exact) mass is 241 g/mol. The van der Waals surface area contributed by atoms with Crippen LogP contribution in [0.25, 0.3) is 0 Å². The summed E-state index contributed by atoms with van der Waals surface area (Å²) in [4.78, 5) is 12.0. The zero-order valence-corrected chi connectivity index (χ0v) is 10.4. The Bertz CT molecular complexity index is 251. The van der Waals surface area contributed by atoms with E-state index in [2.05, 4.69) is 5.32 Å². The number of hydrogen-bond acceptors (Lipinski definition) is 3. The molecular formula is C13H23NO3. The summed E-state index contributed by atoms with van der Waals surface area (Å²) in [6.45, 7) is 0.878. The Hall–Kier alpha value is -0.610. The Labute approximate surface area is 103 Å². The first kappa shape index (κ1) is 12.8. The number of aliphatic hydroxyl groups is 1. The number of amides is 1. The van der Waals surface area contributed by atoms with Gasteiger partial charge in [-0.3, -0.25) is 4.79 Å². The molecule has 1 aliphatic heterocycles. The second-order valence-corrected chi connectivity index (χ2v) is 5.20. The van der Waals surface area contributed by atoms with Crippen molar-refractivity contribution in [2.75, 3.05) is 13.2 Å². The highest BCUT2D eigenvalue weighted by Gasteiger charge is 2.29. The van der Waals surface area contributed by atoms with Crippen molar-refractivity contribution in [2.45, 2.75) is 57.1 Å². The van der Waals surface area contributed by atoms with Crippen molar-refractivity contribution in [3.8, 4) is 0 Å². The first-order valence-corrected chi connectivity index (χ1v) is 6.84. The van der Waals surface area contributed by atoms with E-state index in [9.17, 15) is 9.90 Å². The third-order valence-corrected chi connectivity index (χ3v) is 3.94. The SMILES string of the molecule is O=C(NC1CCCCCC1CO)C1CCCO1. The highest BCUT2D eigenvalue weighted by atomic mass is 16.5. The molecule has 1 aliphatic carbocycles. The third-order valence-electron chi connectivity index (χ3n) is 3.94. The molecule has 3 atom stereocenters. The first-order chi connectivity index (χ1) is 8.31. The summed E-state index contributed by atoms with van der Waals surface area (Å²) in [6.07, 6.45) is 7.09. The number of carbonyl (C=O) groups is 1. The molecule has 1 saturated heterocycles. The van der Waals surface area contributed by atoms with Gasteiger partial charge in [0.2, 0.25) is 5.91 Å². The second-order valence-electron chi connectivity index (χ2n) is 5.20. The Balaban J connectivity index is 1.87. The Morgan fingerprint density at radius 1 is 1.18 bits per heavy atom. The summed E-state index contributed by atoms with van der Waals surface area (Å²) in [7, 11) is 0. The normalized spacial score (nSPS) is 34.3. The van der Waals surface area contributed by atoms with Crippen LogP contribution in [0.2, 0.25) is 0 Å². The summed E-state index contributed by atoms with van der Waals surface area (Å²) in [5.74, 6) is 0.246. The van der Waals surface area contributed by atoms with E-state index in [1.807, 2.05) is 0 Å². The maximum absolute atomic E-state index is 12.0. The van der Waals surface area contributed by atoms with E-state index in [1.54, 1.807) is 0 Å². The van der Waals surface area contributed by atoms with E-state index < -0.39 is 0 Å². The molecule has 1 heterocycles. The van der Waals surface area contributed by atoms with Crippen LogP contribution in [0.1, 0.15) is 44.9 Å². The largest absolute Gasteiger partial charge is 0.396 e. The van der Waals surface area contributed by atoms with Crippen LogP contribution in [0, 0.1) is 5.92 Å². The smallest absolute Gasteiger partial charge is 0.249 e. The van der Waals surface area contributed by atoms with Crippen LogP contribution in [0.3, 0.4) is 0 Å². The minimum atomic E-state index is -0.252. The molecule has 17 heavy (non-hydrogen) atoms. The van der Waals surface area contributed by atoms with Gasteiger partial charge in [-0.2, -0.15) is 0 Å². The molecule has 4 nitrogen and oxygen atoms in total. The molecule has 2 fully saturated rings. The number of rotatable bonds is 3. The van der Waals surface area contributed by atoms with Crippen molar-refractivity contribution in [3.05, 3.63) is 0 Å². The first-order valence-electron chi connectivity index (χ1n) is 6.84. The van der Waals surface area contributed by atoms with Gasteiger partial charge in [0.05, 0.1) is 0 Å². The number of hydrogen-bond donors (Lipinski definition) is 2. The van der Waals surface area contributed by atoms with E-state index in [1.165, 1.54) is 6.42 Å². The maximum atomic E-state index is 12.0. The molecular weight excluding hydrogens is 218 g/mol. The predicted octanol–water partition coefficient (Wildman–Crippen LogP) is 1.22. The summed E-state index contributed by atoms with van der Waals surface area (Å²) < 4.78 is 5.38. The summed E-state index contributed by atoms with van der Waals surface area (Å²) in [5.41, 5.74) is 0. The van der Waals surface area contributed by atoms with Crippen LogP contribution in [0.15, 0.2) is 0 Å². The van der Waals surface area contributed by atoms with E-state index in [4.69, 9.17) is 4.74 Å². The van der Waals surface area contributed by atoms with Crippen molar-refractivity contribution in [1.82, 2.24) is 5.32 Å². The summed E-state index contributed by atoms with van der Waals surface area (Å²) >= 11 is 0. The average molecular weight is 241 g/mol. The van der Waals surface area contributed by atoms with Crippen LogP contribution in [-0.2, 0) is 9.53 Å². The minimum absolute atomic E-state index is 0.0212. The lowest BCUT2D eigenvalue weighted by atomic mass is 9.95. The van der Waals surface area contributed by atoms with Crippen LogP contribution in [0.4, 0.5) is 0 Å². The van der Waals surface area contributed by atoms with Crippen LogP contribution in [-0.4, -0.2) is 36.4 Å². The van der Waals surface area contributed by atoms with Gasteiger partial charge < -0.3 is 15.2 Å². The third kappa shape index (κ3) is 3.42. The summed E-state index contributed by atoms with van der Waals surface area (Å²) in [6, 6.07) is 0.138. The number of ether oxygens (including phenoxy) is 1. The zero-order chi connectivity index (χ0) is 12.1. The van der Waals surface area contributed by atoms with E-state index in [0.717, 1.165) is 38.5 Å². The van der Waals surface area contributed by atoms with Gasteiger partial charge in [0.15, 0.2) is 0 Å². The molecule has 2 N–H and O–H groups in total. The quantitative estimate of drug-likeness (QED) is 0.730. The van der Waals surface area contributed by atoms with Crippen molar-refractivity contribution in [1.29, 1.82) is 0 Å². The topological polar surface area (TPSA) is 58.6 Å². The van der Waals surface area contributed by atoms with Crippen molar-refractivity contribution >= 4 is 5.91 Å². The molecule has 0 aromatic heterocycles. The number of nitrogens with one attached hydrogen (secondary N) is 1. The summed E-state index contributed by atoms with van der Waals surface area (Å²) in [5, 5.41) is 12.5. The molecule has 1 saturated carbocycles. The maximum Gasteiger partial charge on any atom is 0.249 e. The predicted molar refractivity (Wildman–Crippen MR) is 64.6 cm³/mol. The van der Waals surface area contributed by atoms with E-state index in [0.29, 0.717) is 6.61 Å². The average Bonchev–Trinajstić information content (AvgIpc) is 2.78. The molecule has 98 valence electrons. The standard InChI is InChI=1S/C13H23NO3/c15-9-10-5-2-1-3-6-11(10)14-13(16)12-7-4-8-17-12/h10-12,15H,1-9H2,(H,14,16). The molecule has 0 spiro atoms. The van der Waals surface area contributed by atoms with E-state index in [-0.39, 0.29) is 30.6 Å².